The van der Waals surface area contributed by atoms with Crippen LogP contribution in [0.15, 0.2) is 0 Å². The molecule has 0 aliphatic heterocycles. The van der Waals surface area contributed by atoms with Crippen molar-refractivity contribution in [3.8, 4) is 0 Å². The molecule has 0 saturated heterocycles. The monoisotopic (exact) mass is 427 g/mol. The first-order valence-corrected chi connectivity index (χ1v) is 12.0. The third-order valence-electron chi connectivity index (χ3n) is 6.07. The van der Waals surface area contributed by atoms with Gasteiger partial charge in [-0.3, -0.25) is 19.3 Å². The number of carboxylic acid groups (broad SMARTS) is 2. The SMILES string of the molecule is CCCCC(CC)CN(CC(=O)C(CCCC(=O)O)C(=O)O)CC(CC)CCCC. The summed E-state index contributed by atoms with van der Waals surface area (Å²) >= 11 is 0. The lowest BCUT2D eigenvalue weighted by Crippen LogP contribution is -2.41. The van der Waals surface area contributed by atoms with Gasteiger partial charge < -0.3 is 10.2 Å². The van der Waals surface area contributed by atoms with Crippen molar-refractivity contribution in [2.24, 2.45) is 17.8 Å². The van der Waals surface area contributed by atoms with Crippen molar-refractivity contribution in [1.29, 1.82) is 0 Å². The Hall–Kier alpha value is -1.43. The maximum atomic E-state index is 12.9. The van der Waals surface area contributed by atoms with Gasteiger partial charge in [-0.2, -0.15) is 0 Å². The molecule has 0 bridgehead atoms. The number of carboxylic acids is 2. The molecule has 3 atom stereocenters. The molecule has 0 aliphatic carbocycles. The summed E-state index contributed by atoms with van der Waals surface area (Å²) in [5.74, 6) is -2.48. The molecule has 0 radical (unpaired) electrons. The molecule has 0 aromatic rings. The van der Waals surface area contributed by atoms with Gasteiger partial charge >= 0.3 is 11.9 Å². The number of unbranched alkanes of at least 4 members (excludes halogenated alkanes) is 2. The molecule has 2 N–H and O–H groups in total. The van der Waals surface area contributed by atoms with Gasteiger partial charge in [0, 0.05) is 19.5 Å². The molecule has 0 amide bonds. The van der Waals surface area contributed by atoms with Crippen LogP contribution in [0.4, 0.5) is 0 Å². The van der Waals surface area contributed by atoms with Gasteiger partial charge in [0.2, 0.25) is 0 Å². The first-order chi connectivity index (χ1) is 14.3. The van der Waals surface area contributed by atoms with Crippen LogP contribution >= 0.6 is 0 Å². The number of Topliss-reactive ketones (excluding diaryl/α,β-unsaturated/α-hetero) is 1. The molecule has 0 heterocycles. The van der Waals surface area contributed by atoms with Gasteiger partial charge in [0.25, 0.3) is 0 Å². The van der Waals surface area contributed by atoms with Crippen molar-refractivity contribution < 1.29 is 24.6 Å². The summed E-state index contributed by atoms with van der Waals surface area (Å²) in [5.41, 5.74) is 0. The fraction of sp³-hybridized carbons (Fsp3) is 0.875. The molecule has 0 rings (SSSR count). The zero-order valence-corrected chi connectivity index (χ0v) is 19.7. The van der Waals surface area contributed by atoms with Crippen LogP contribution in [0.1, 0.15) is 98.3 Å². The van der Waals surface area contributed by atoms with Gasteiger partial charge in [-0.25, -0.2) is 0 Å². The van der Waals surface area contributed by atoms with Crippen molar-refractivity contribution >= 4 is 17.7 Å². The molecule has 6 heteroatoms. The van der Waals surface area contributed by atoms with E-state index in [9.17, 15) is 19.5 Å². The minimum atomic E-state index is -1.14. The van der Waals surface area contributed by atoms with Crippen LogP contribution in [0.2, 0.25) is 0 Å². The van der Waals surface area contributed by atoms with Crippen molar-refractivity contribution in [3.63, 3.8) is 0 Å². The van der Waals surface area contributed by atoms with Crippen LogP contribution in [-0.4, -0.2) is 52.5 Å². The van der Waals surface area contributed by atoms with E-state index in [0.29, 0.717) is 11.8 Å². The molecule has 3 unspecified atom stereocenters. The van der Waals surface area contributed by atoms with Crippen LogP contribution in [0.25, 0.3) is 0 Å². The second-order valence-electron chi connectivity index (χ2n) is 8.67. The van der Waals surface area contributed by atoms with Crippen LogP contribution < -0.4 is 0 Å². The Morgan fingerprint density at radius 3 is 1.63 bits per heavy atom. The highest BCUT2D eigenvalue weighted by molar-refractivity contribution is 5.99. The summed E-state index contributed by atoms with van der Waals surface area (Å²) in [6.07, 6.45) is 9.19. The number of aliphatic carboxylic acids is 2. The average Bonchev–Trinajstić information content (AvgIpc) is 2.70. The maximum Gasteiger partial charge on any atom is 0.314 e. The standard InChI is InChI=1S/C24H45NO5/c1-5-9-12-19(7-3)16-25(17-20(8-4)13-10-6-2)18-22(26)21(24(29)30)14-11-15-23(27)28/h19-21H,5-18H2,1-4H3,(H,27,28)(H,29,30). The third-order valence-corrected chi connectivity index (χ3v) is 6.07. The Morgan fingerprint density at radius 1 is 0.767 bits per heavy atom. The molecular formula is C24H45NO5. The van der Waals surface area contributed by atoms with Gasteiger partial charge in [0.1, 0.15) is 5.92 Å². The minimum absolute atomic E-state index is 0.0917. The number of carbonyl (C=O) groups excluding carboxylic acids is 1. The Morgan fingerprint density at radius 2 is 1.27 bits per heavy atom. The second-order valence-corrected chi connectivity index (χ2v) is 8.67. The minimum Gasteiger partial charge on any atom is -0.481 e. The van der Waals surface area contributed by atoms with Crippen LogP contribution in [0.3, 0.4) is 0 Å². The van der Waals surface area contributed by atoms with Crippen LogP contribution in [0, 0.1) is 17.8 Å². The molecule has 0 spiro atoms. The molecule has 6 nitrogen and oxygen atoms in total. The van der Waals surface area contributed by atoms with Crippen molar-refractivity contribution in [2.75, 3.05) is 19.6 Å². The lowest BCUT2D eigenvalue weighted by atomic mass is 9.93. The van der Waals surface area contributed by atoms with Gasteiger partial charge in [-0.15, -0.1) is 0 Å². The van der Waals surface area contributed by atoms with Crippen molar-refractivity contribution in [2.45, 2.75) is 98.3 Å². The fourth-order valence-corrected chi connectivity index (χ4v) is 3.98. The summed E-state index contributed by atoms with van der Waals surface area (Å²) in [4.78, 5) is 37.4. The Bertz CT molecular complexity index is 476. The van der Waals surface area contributed by atoms with Crippen LogP contribution in [-0.2, 0) is 14.4 Å². The molecular weight excluding hydrogens is 382 g/mol. The largest absolute Gasteiger partial charge is 0.481 e. The van der Waals surface area contributed by atoms with Gasteiger partial charge in [0.15, 0.2) is 5.78 Å². The molecule has 0 saturated carbocycles. The summed E-state index contributed by atoms with van der Waals surface area (Å²) in [7, 11) is 0. The third kappa shape index (κ3) is 13.0. The van der Waals surface area contributed by atoms with Crippen molar-refractivity contribution in [1.82, 2.24) is 4.90 Å². The number of hydrogen-bond donors (Lipinski definition) is 2. The van der Waals surface area contributed by atoms with Gasteiger partial charge in [-0.1, -0.05) is 66.2 Å². The van der Waals surface area contributed by atoms with E-state index in [1.54, 1.807) is 0 Å². The quantitative estimate of drug-likeness (QED) is 0.258. The van der Waals surface area contributed by atoms with E-state index >= 15 is 0 Å². The zero-order chi connectivity index (χ0) is 22.9. The lowest BCUT2D eigenvalue weighted by molar-refractivity contribution is -0.147. The smallest absolute Gasteiger partial charge is 0.314 e. The van der Waals surface area contributed by atoms with E-state index < -0.39 is 17.9 Å². The average molecular weight is 428 g/mol. The van der Waals surface area contributed by atoms with E-state index in [-0.39, 0.29) is 31.6 Å². The number of ketones is 1. The Balaban J connectivity index is 5.20. The van der Waals surface area contributed by atoms with E-state index in [4.69, 9.17) is 5.11 Å². The molecule has 176 valence electrons. The normalized spacial score (nSPS) is 14.4. The van der Waals surface area contributed by atoms with Crippen molar-refractivity contribution in [3.05, 3.63) is 0 Å². The van der Waals surface area contributed by atoms with Crippen LogP contribution in [0.5, 0.6) is 0 Å². The zero-order valence-electron chi connectivity index (χ0n) is 19.7. The molecule has 0 aromatic heterocycles. The highest BCUT2D eigenvalue weighted by Crippen LogP contribution is 2.20. The lowest BCUT2D eigenvalue weighted by Gasteiger charge is -2.30. The van der Waals surface area contributed by atoms with E-state index in [1.807, 2.05) is 0 Å². The number of hydrogen-bond acceptors (Lipinski definition) is 4. The van der Waals surface area contributed by atoms with Gasteiger partial charge in [-0.05, 0) is 37.5 Å². The molecule has 0 aliphatic rings. The maximum absolute atomic E-state index is 12.9. The number of carbonyl (C=O) groups is 3. The molecule has 0 aromatic carbocycles. The highest BCUT2D eigenvalue weighted by Gasteiger charge is 2.28. The topological polar surface area (TPSA) is 94.9 Å². The fourth-order valence-electron chi connectivity index (χ4n) is 3.98. The number of rotatable bonds is 20. The summed E-state index contributed by atoms with van der Waals surface area (Å²) in [6.45, 7) is 10.5. The summed E-state index contributed by atoms with van der Waals surface area (Å²) < 4.78 is 0. The van der Waals surface area contributed by atoms with E-state index in [1.165, 1.54) is 12.8 Å². The van der Waals surface area contributed by atoms with E-state index in [2.05, 4.69) is 32.6 Å². The summed E-state index contributed by atoms with van der Waals surface area (Å²) in [6, 6.07) is 0. The van der Waals surface area contributed by atoms with E-state index in [0.717, 1.165) is 51.6 Å². The van der Waals surface area contributed by atoms with Gasteiger partial charge in [0.05, 0.1) is 6.54 Å². The Kier molecular flexibility index (Phi) is 16.4. The Labute approximate surface area is 183 Å². The molecule has 0 fully saturated rings. The first kappa shape index (κ1) is 28.6. The highest BCUT2D eigenvalue weighted by atomic mass is 16.4. The predicted molar refractivity (Wildman–Crippen MR) is 121 cm³/mol. The predicted octanol–water partition coefficient (Wildman–Crippen LogP) is 5.25. The first-order valence-electron chi connectivity index (χ1n) is 12.0. The second kappa shape index (κ2) is 17.3. The summed E-state index contributed by atoms with van der Waals surface area (Å²) in [5, 5.41) is 18.3. The number of nitrogens with zero attached hydrogens (tertiary/aromatic N) is 1. The molecule has 30 heavy (non-hydrogen) atoms.